The fraction of sp³-hybridized carbons (Fsp3) is 0.800. The van der Waals surface area contributed by atoms with Gasteiger partial charge in [-0.3, -0.25) is 4.79 Å². The van der Waals surface area contributed by atoms with Crippen LogP contribution in [0.25, 0.3) is 0 Å². The molecular weight excluding hydrogens is 284 g/mol. The lowest BCUT2D eigenvalue weighted by atomic mass is 10.1. The van der Waals surface area contributed by atoms with Crippen LogP contribution in [0.5, 0.6) is 0 Å². The van der Waals surface area contributed by atoms with Gasteiger partial charge in [0.1, 0.15) is 0 Å². The molecule has 0 radical (unpaired) electrons. The number of carbonyl (C=O) groups is 1. The van der Waals surface area contributed by atoms with Crippen molar-refractivity contribution in [2.75, 3.05) is 26.3 Å². The zero-order valence-electron chi connectivity index (χ0n) is 12.8. The van der Waals surface area contributed by atoms with Crippen molar-refractivity contribution >= 4 is 5.91 Å². The average molecular weight is 308 g/mol. The Labute approximate surface area is 130 Å². The number of hydrogen-bond acceptors (Lipinski definition) is 6. The van der Waals surface area contributed by atoms with Gasteiger partial charge in [-0.25, -0.2) is 0 Å². The van der Waals surface area contributed by atoms with Crippen molar-refractivity contribution in [3.8, 4) is 0 Å². The number of morpholine rings is 1. The number of amides is 1. The van der Waals surface area contributed by atoms with Gasteiger partial charge in [0.15, 0.2) is 5.82 Å². The molecule has 0 aromatic carbocycles. The number of aromatic nitrogens is 2. The number of carbonyl (C=O) groups excluding carboxylic acids is 1. The van der Waals surface area contributed by atoms with Gasteiger partial charge in [-0.1, -0.05) is 18.0 Å². The first-order chi connectivity index (χ1) is 10.8. The maximum atomic E-state index is 11.8. The molecule has 1 unspecified atom stereocenters. The molecule has 1 saturated heterocycles. The highest BCUT2D eigenvalue weighted by atomic mass is 16.5. The zero-order valence-corrected chi connectivity index (χ0v) is 12.8. The maximum Gasteiger partial charge on any atom is 0.229 e. The van der Waals surface area contributed by atoms with Gasteiger partial charge in [0.25, 0.3) is 0 Å². The summed E-state index contributed by atoms with van der Waals surface area (Å²) in [6.45, 7) is 2.67. The van der Waals surface area contributed by atoms with Crippen LogP contribution in [-0.2, 0) is 16.0 Å². The number of nitrogens with one attached hydrogen (secondary N) is 2. The third kappa shape index (κ3) is 4.27. The fourth-order valence-electron chi connectivity index (χ4n) is 3.07. The van der Waals surface area contributed by atoms with Gasteiger partial charge in [-0.05, 0) is 12.8 Å². The first kappa shape index (κ1) is 15.4. The lowest BCUT2D eigenvalue weighted by Crippen LogP contribution is -2.44. The van der Waals surface area contributed by atoms with Crippen LogP contribution in [-0.4, -0.2) is 48.4 Å². The van der Waals surface area contributed by atoms with E-state index in [1.54, 1.807) is 0 Å². The van der Waals surface area contributed by atoms with E-state index in [0.717, 1.165) is 31.9 Å². The summed E-state index contributed by atoms with van der Waals surface area (Å²) in [7, 11) is 0. The zero-order chi connectivity index (χ0) is 15.2. The minimum absolute atomic E-state index is 0.0301. The van der Waals surface area contributed by atoms with E-state index in [2.05, 4.69) is 20.8 Å². The van der Waals surface area contributed by atoms with Crippen molar-refractivity contribution in [1.82, 2.24) is 20.8 Å². The van der Waals surface area contributed by atoms with Crippen molar-refractivity contribution in [2.24, 2.45) is 0 Å². The minimum atomic E-state index is 0.0301. The Morgan fingerprint density at radius 2 is 2.23 bits per heavy atom. The third-order valence-electron chi connectivity index (χ3n) is 4.29. The molecule has 7 heteroatoms. The van der Waals surface area contributed by atoms with Gasteiger partial charge in [-0.15, -0.1) is 0 Å². The monoisotopic (exact) mass is 308 g/mol. The number of ether oxygens (including phenoxy) is 1. The van der Waals surface area contributed by atoms with E-state index in [9.17, 15) is 4.79 Å². The first-order valence-electron chi connectivity index (χ1n) is 8.21. The second-order valence-corrected chi connectivity index (χ2v) is 6.06. The Bertz CT molecular complexity index is 479. The van der Waals surface area contributed by atoms with Crippen LogP contribution in [0.4, 0.5) is 0 Å². The second-order valence-electron chi connectivity index (χ2n) is 6.06. The van der Waals surface area contributed by atoms with Crippen molar-refractivity contribution in [3.63, 3.8) is 0 Å². The number of nitrogens with zero attached hydrogens (tertiary/aromatic N) is 2. The lowest BCUT2D eigenvalue weighted by Gasteiger charge is -2.23. The SMILES string of the molecule is O=C(CC1COCCN1)NCCc1noc(C2CCCC2)n1. The summed E-state index contributed by atoms with van der Waals surface area (Å²) in [5.41, 5.74) is 0. The summed E-state index contributed by atoms with van der Waals surface area (Å²) in [5.74, 6) is 1.92. The van der Waals surface area contributed by atoms with Gasteiger partial charge in [0.2, 0.25) is 11.8 Å². The molecule has 122 valence electrons. The van der Waals surface area contributed by atoms with Crippen LogP contribution in [0.3, 0.4) is 0 Å². The van der Waals surface area contributed by atoms with E-state index < -0.39 is 0 Å². The minimum Gasteiger partial charge on any atom is -0.378 e. The highest BCUT2D eigenvalue weighted by Gasteiger charge is 2.23. The molecule has 1 atom stereocenters. The van der Waals surface area contributed by atoms with Crippen molar-refractivity contribution in [1.29, 1.82) is 0 Å². The van der Waals surface area contributed by atoms with E-state index in [1.165, 1.54) is 12.8 Å². The quantitative estimate of drug-likeness (QED) is 0.806. The maximum absolute atomic E-state index is 11.8. The lowest BCUT2D eigenvalue weighted by molar-refractivity contribution is -0.122. The van der Waals surface area contributed by atoms with Gasteiger partial charge in [-0.2, -0.15) is 4.98 Å². The molecule has 1 aromatic rings. The Morgan fingerprint density at radius 3 is 3.00 bits per heavy atom. The molecule has 2 fully saturated rings. The Morgan fingerprint density at radius 1 is 1.36 bits per heavy atom. The van der Waals surface area contributed by atoms with Crippen LogP contribution >= 0.6 is 0 Å². The summed E-state index contributed by atoms with van der Waals surface area (Å²) in [6, 6.07) is 0.118. The summed E-state index contributed by atoms with van der Waals surface area (Å²) >= 11 is 0. The predicted molar refractivity (Wildman–Crippen MR) is 79.4 cm³/mol. The third-order valence-corrected chi connectivity index (χ3v) is 4.29. The van der Waals surface area contributed by atoms with E-state index in [1.807, 2.05) is 0 Å². The molecule has 1 aliphatic heterocycles. The molecule has 1 aliphatic carbocycles. The Kier molecular flexibility index (Phi) is 5.39. The molecule has 1 amide bonds. The van der Waals surface area contributed by atoms with E-state index in [4.69, 9.17) is 9.26 Å². The molecule has 0 bridgehead atoms. The topological polar surface area (TPSA) is 89.3 Å². The average Bonchev–Trinajstić information content (AvgIpc) is 3.19. The van der Waals surface area contributed by atoms with Crippen molar-refractivity contribution < 1.29 is 14.1 Å². The Hall–Kier alpha value is -1.47. The summed E-state index contributed by atoms with van der Waals surface area (Å²) < 4.78 is 10.7. The van der Waals surface area contributed by atoms with Crippen LogP contribution in [0, 0.1) is 0 Å². The smallest absolute Gasteiger partial charge is 0.229 e. The van der Waals surface area contributed by atoms with Crippen LogP contribution < -0.4 is 10.6 Å². The molecule has 2 aliphatic rings. The molecule has 1 aromatic heterocycles. The van der Waals surface area contributed by atoms with E-state index in [0.29, 0.717) is 37.7 Å². The molecule has 7 nitrogen and oxygen atoms in total. The molecule has 2 heterocycles. The van der Waals surface area contributed by atoms with Gasteiger partial charge >= 0.3 is 0 Å². The van der Waals surface area contributed by atoms with E-state index >= 15 is 0 Å². The van der Waals surface area contributed by atoms with Gasteiger partial charge in [0, 0.05) is 37.9 Å². The van der Waals surface area contributed by atoms with Crippen molar-refractivity contribution in [2.45, 2.75) is 50.5 Å². The summed E-state index contributed by atoms with van der Waals surface area (Å²) in [4.78, 5) is 16.3. The second kappa shape index (κ2) is 7.69. The predicted octanol–water partition coefficient (Wildman–Crippen LogP) is 0.764. The van der Waals surface area contributed by atoms with E-state index in [-0.39, 0.29) is 11.9 Å². The van der Waals surface area contributed by atoms with Gasteiger partial charge in [0.05, 0.1) is 13.2 Å². The first-order valence-corrected chi connectivity index (χ1v) is 8.21. The fourth-order valence-corrected chi connectivity index (χ4v) is 3.07. The summed E-state index contributed by atoms with van der Waals surface area (Å²) in [5, 5.41) is 10.2. The van der Waals surface area contributed by atoms with Crippen LogP contribution in [0.15, 0.2) is 4.52 Å². The summed E-state index contributed by atoms with van der Waals surface area (Å²) in [6.07, 6.45) is 5.84. The standard InChI is InChI=1S/C15H24N4O3/c20-14(9-12-10-21-8-7-16-12)17-6-5-13-18-15(22-19-13)11-3-1-2-4-11/h11-12,16H,1-10H2,(H,17,20). The highest BCUT2D eigenvalue weighted by molar-refractivity contribution is 5.76. The molecule has 3 rings (SSSR count). The molecule has 1 saturated carbocycles. The van der Waals surface area contributed by atoms with Crippen LogP contribution in [0.2, 0.25) is 0 Å². The van der Waals surface area contributed by atoms with Gasteiger partial charge < -0.3 is 19.9 Å². The molecule has 2 N–H and O–H groups in total. The van der Waals surface area contributed by atoms with Crippen molar-refractivity contribution in [3.05, 3.63) is 11.7 Å². The largest absolute Gasteiger partial charge is 0.378 e. The molecule has 0 spiro atoms. The van der Waals surface area contributed by atoms with Crippen LogP contribution in [0.1, 0.15) is 49.7 Å². The number of rotatable bonds is 6. The molecule has 22 heavy (non-hydrogen) atoms. The number of hydrogen-bond donors (Lipinski definition) is 2. The molecular formula is C15H24N4O3. The highest BCUT2D eigenvalue weighted by Crippen LogP contribution is 2.32. The Balaban J connectivity index is 1.36. The normalized spacial score (nSPS) is 22.8.